The Morgan fingerprint density at radius 3 is 2.52 bits per heavy atom. The van der Waals surface area contributed by atoms with Crippen LogP contribution in [-0.4, -0.2) is 37.1 Å². The number of amides is 2. The van der Waals surface area contributed by atoms with Crippen molar-refractivity contribution in [3.63, 3.8) is 0 Å². The molecule has 1 aromatic carbocycles. The van der Waals surface area contributed by atoms with Gasteiger partial charge in [-0.15, -0.1) is 0 Å². The zero-order chi connectivity index (χ0) is 16.3. The molecule has 23 heavy (non-hydrogen) atoms. The number of urea groups is 1. The van der Waals surface area contributed by atoms with Gasteiger partial charge in [-0.1, -0.05) is 31.4 Å². The van der Waals surface area contributed by atoms with Gasteiger partial charge in [0.05, 0.1) is 5.69 Å². The Labute approximate surface area is 148 Å². The molecule has 1 aliphatic rings. The van der Waals surface area contributed by atoms with Gasteiger partial charge in [-0.25, -0.2) is 4.79 Å². The summed E-state index contributed by atoms with van der Waals surface area (Å²) < 4.78 is 0.896. The highest BCUT2D eigenvalue weighted by Crippen LogP contribution is 2.20. The van der Waals surface area contributed by atoms with Crippen molar-refractivity contribution in [2.24, 2.45) is 0 Å². The van der Waals surface area contributed by atoms with Crippen molar-refractivity contribution >= 4 is 27.6 Å². The second kappa shape index (κ2) is 10.7. The predicted octanol–water partition coefficient (Wildman–Crippen LogP) is 4.62. The molecule has 0 radical (unpaired) electrons. The highest BCUT2D eigenvalue weighted by Gasteiger charge is 2.09. The van der Waals surface area contributed by atoms with Gasteiger partial charge in [-0.2, -0.15) is 0 Å². The van der Waals surface area contributed by atoms with Crippen molar-refractivity contribution in [2.45, 2.75) is 44.9 Å². The van der Waals surface area contributed by atoms with Crippen molar-refractivity contribution in [2.75, 3.05) is 31.5 Å². The van der Waals surface area contributed by atoms with E-state index >= 15 is 0 Å². The summed E-state index contributed by atoms with van der Waals surface area (Å²) in [5.74, 6) is 0. The molecule has 0 aromatic heterocycles. The number of carbonyl (C=O) groups excluding carboxylic acids is 1. The van der Waals surface area contributed by atoms with Crippen molar-refractivity contribution in [1.82, 2.24) is 10.2 Å². The average molecular weight is 382 g/mol. The largest absolute Gasteiger partial charge is 0.338 e. The van der Waals surface area contributed by atoms with Crippen LogP contribution in [0.15, 0.2) is 28.7 Å². The quantitative estimate of drug-likeness (QED) is 0.613. The van der Waals surface area contributed by atoms with Crippen LogP contribution in [0.25, 0.3) is 0 Å². The molecule has 1 saturated heterocycles. The second-order valence-electron chi connectivity index (χ2n) is 6.18. The number of anilines is 1. The van der Waals surface area contributed by atoms with E-state index in [-0.39, 0.29) is 6.03 Å². The first-order chi connectivity index (χ1) is 11.3. The zero-order valence-corrected chi connectivity index (χ0v) is 15.4. The van der Waals surface area contributed by atoms with Gasteiger partial charge in [0, 0.05) is 11.0 Å². The Balaban J connectivity index is 1.44. The molecule has 0 spiro atoms. The molecular weight excluding hydrogens is 354 g/mol. The monoisotopic (exact) mass is 381 g/mol. The van der Waals surface area contributed by atoms with E-state index in [2.05, 4.69) is 31.5 Å². The van der Waals surface area contributed by atoms with Crippen LogP contribution in [0.1, 0.15) is 44.9 Å². The average Bonchev–Trinajstić information content (AvgIpc) is 3.05. The minimum atomic E-state index is -0.133. The van der Waals surface area contributed by atoms with Crippen LogP contribution in [-0.2, 0) is 0 Å². The number of likely N-dealkylation sites (tertiary alicyclic amines) is 1. The number of hydrogen-bond donors (Lipinski definition) is 2. The number of rotatable bonds is 9. The smallest absolute Gasteiger partial charge is 0.319 e. The van der Waals surface area contributed by atoms with E-state index in [1.807, 2.05) is 24.3 Å². The molecule has 2 rings (SSSR count). The molecular formula is C18H28BrN3O. The predicted molar refractivity (Wildman–Crippen MR) is 99.9 cm³/mol. The highest BCUT2D eigenvalue weighted by atomic mass is 79.9. The van der Waals surface area contributed by atoms with E-state index in [9.17, 15) is 4.79 Å². The zero-order valence-electron chi connectivity index (χ0n) is 13.8. The fourth-order valence-corrected chi connectivity index (χ4v) is 3.31. The Morgan fingerprint density at radius 1 is 1.04 bits per heavy atom. The maximum atomic E-state index is 11.8. The minimum Gasteiger partial charge on any atom is -0.338 e. The molecule has 0 aliphatic carbocycles. The maximum Gasteiger partial charge on any atom is 0.319 e. The topological polar surface area (TPSA) is 44.4 Å². The lowest BCUT2D eigenvalue weighted by Gasteiger charge is -2.13. The molecule has 1 aliphatic heterocycles. The number of halogens is 1. The van der Waals surface area contributed by atoms with Gasteiger partial charge in [-0.05, 0) is 73.4 Å². The van der Waals surface area contributed by atoms with Gasteiger partial charge in [0.15, 0.2) is 0 Å². The Morgan fingerprint density at radius 2 is 1.74 bits per heavy atom. The molecule has 0 atom stereocenters. The summed E-state index contributed by atoms with van der Waals surface area (Å²) in [5.41, 5.74) is 0.798. The lowest BCUT2D eigenvalue weighted by atomic mass is 10.1. The highest BCUT2D eigenvalue weighted by molar-refractivity contribution is 9.10. The summed E-state index contributed by atoms with van der Waals surface area (Å²) in [7, 11) is 0. The SMILES string of the molecule is O=C(NCCCCCCCN1CCCC1)Nc1ccccc1Br. The van der Waals surface area contributed by atoms with E-state index < -0.39 is 0 Å². The summed E-state index contributed by atoms with van der Waals surface area (Å²) >= 11 is 3.42. The summed E-state index contributed by atoms with van der Waals surface area (Å²) in [5, 5.41) is 5.77. The number of unbranched alkanes of at least 4 members (excludes halogenated alkanes) is 4. The summed E-state index contributed by atoms with van der Waals surface area (Å²) in [6, 6.07) is 7.49. The molecule has 1 aromatic rings. The summed E-state index contributed by atoms with van der Waals surface area (Å²) in [6.07, 6.45) is 8.89. The number of nitrogens with zero attached hydrogens (tertiary/aromatic N) is 1. The van der Waals surface area contributed by atoms with Gasteiger partial charge < -0.3 is 15.5 Å². The lowest BCUT2D eigenvalue weighted by molar-refractivity contribution is 0.252. The van der Waals surface area contributed by atoms with Crippen LogP contribution in [0.5, 0.6) is 0 Å². The number of carbonyl (C=O) groups is 1. The van der Waals surface area contributed by atoms with Gasteiger partial charge in [-0.3, -0.25) is 0 Å². The minimum absolute atomic E-state index is 0.133. The molecule has 5 heteroatoms. The van der Waals surface area contributed by atoms with Crippen LogP contribution in [0.3, 0.4) is 0 Å². The van der Waals surface area contributed by atoms with Crippen LogP contribution in [0.2, 0.25) is 0 Å². The number of benzene rings is 1. The molecule has 2 N–H and O–H groups in total. The third-order valence-electron chi connectivity index (χ3n) is 4.26. The number of nitrogens with one attached hydrogen (secondary N) is 2. The van der Waals surface area contributed by atoms with E-state index in [1.165, 1.54) is 58.2 Å². The molecule has 128 valence electrons. The Hall–Kier alpha value is -1.07. The normalized spacial score (nSPS) is 14.8. The van der Waals surface area contributed by atoms with E-state index in [1.54, 1.807) is 0 Å². The van der Waals surface area contributed by atoms with E-state index in [0.717, 1.165) is 23.1 Å². The van der Waals surface area contributed by atoms with Crippen molar-refractivity contribution in [1.29, 1.82) is 0 Å². The standard InChI is InChI=1S/C18H28BrN3O/c19-16-10-4-5-11-17(16)21-18(23)20-12-6-2-1-3-7-13-22-14-8-9-15-22/h4-5,10-11H,1-3,6-9,12-15H2,(H2,20,21,23). The summed E-state index contributed by atoms with van der Waals surface area (Å²) in [6.45, 7) is 4.61. The number of para-hydroxylation sites is 1. The first kappa shape index (κ1) is 18.3. The third-order valence-corrected chi connectivity index (χ3v) is 4.95. The Bertz CT molecular complexity index is 475. The third kappa shape index (κ3) is 7.36. The van der Waals surface area contributed by atoms with Crippen LogP contribution >= 0.6 is 15.9 Å². The van der Waals surface area contributed by atoms with Gasteiger partial charge >= 0.3 is 6.03 Å². The van der Waals surface area contributed by atoms with Crippen LogP contribution < -0.4 is 10.6 Å². The van der Waals surface area contributed by atoms with Crippen molar-refractivity contribution in [3.8, 4) is 0 Å². The maximum absolute atomic E-state index is 11.8. The fraction of sp³-hybridized carbons (Fsp3) is 0.611. The molecule has 1 fully saturated rings. The fourth-order valence-electron chi connectivity index (χ4n) is 2.93. The molecule has 4 nitrogen and oxygen atoms in total. The van der Waals surface area contributed by atoms with Crippen molar-refractivity contribution in [3.05, 3.63) is 28.7 Å². The van der Waals surface area contributed by atoms with E-state index in [4.69, 9.17) is 0 Å². The van der Waals surface area contributed by atoms with Gasteiger partial charge in [0.25, 0.3) is 0 Å². The molecule has 1 heterocycles. The number of hydrogen-bond acceptors (Lipinski definition) is 2. The lowest BCUT2D eigenvalue weighted by Crippen LogP contribution is -2.29. The molecule has 0 saturated carbocycles. The summed E-state index contributed by atoms with van der Waals surface area (Å²) in [4.78, 5) is 14.4. The van der Waals surface area contributed by atoms with Gasteiger partial charge in [0.1, 0.15) is 0 Å². The molecule has 0 bridgehead atoms. The molecule has 2 amide bonds. The van der Waals surface area contributed by atoms with Crippen LogP contribution in [0, 0.1) is 0 Å². The Kier molecular flexibility index (Phi) is 8.47. The second-order valence-corrected chi connectivity index (χ2v) is 7.03. The first-order valence-electron chi connectivity index (χ1n) is 8.77. The first-order valence-corrected chi connectivity index (χ1v) is 9.57. The van der Waals surface area contributed by atoms with Gasteiger partial charge in [0.2, 0.25) is 0 Å². The van der Waals surface area contributed by atoms with Crippen LogP contribution in [0.4, 0.5) is 10.5 Å². The molecule has 0 unspecified atom stereocenters. The van der Waals surface area contributed by atoms with E-state index in [0.29, 0.717) is 0 Å². The van der Waals surface area contributed by atoms with Crippen molar-refractivity contribution < 1.29 is 4.79 Å².